The molecule has 13 heteroatoms. The summed E-state index contributed by atoms with van der Waals surface area (Å²) in [7, 11) is 6.01. The smallest absolute Gasteiger partial charge is 0.323 e. The monoisotopic (exact) mass is 528 g/mol. The molecule has 0 aliphatic heterocycles. The van der Waals surface area contributed by atoms with E-state index in [0.717, 1.165) is 19.6 Å². The second kappa shape index (κ2) is 11.9. The van der Waals surface area contributed by atoms with Gasteiger partial charge in [-0.15, -0.1) is 9.97 Å². The van der Waals surface area contributed by atoms with Gasteiger partial charge in [0.25, 0.3) is 0 Å². The van der Waals surface area contributed by atoms with E-state index in [9.17, 15) is 0 Å². The molecule has 0 saturated carbocycles. The maximum atomic E-state index is 5.10. The number of benzene rings is 2. The summed E-state index contributed by atoms with van der Waals surface area (Å²) in [5.74, 6) is 0. The van der Waals surface area contributed by atoms with E-state index < -0.39 is 0 Å². The quantitative estimate of drug-likeness (QED) is 0.287. The Kier molecular flexibility index (Phi) is 8.45. The molecule has 0 bridgehead atoms. The van der Waals surface area contributed by atoms with Crippen LogP contribution in [0.5, 0.6) is 24.0 Å². The van der Waals surface area contributed by atoms with Gasteiger partial charge in [0.2, 0.25) is 10.3 Å². The average Bonchev–Trinajstić information content (AvgIpc) is 2.90. The van der Waals surface area contributed by atoms with Gasteiger partial charge in [-0.3, -0.25) is 0 Å². The van der Waals surface area contributed by atoms with Crippen LogP contribution in [0.25, 0.3) is 0 Å². The lowest BCUT2D eigenvalue weighted by atomic mass is 10.4. The SMILES string of the molecule is COc1nc(OC)nc(Sc2ccc(Sc3ccc(Sc4nc(OC)nc(OC)n4)cc3)cc2)n1. The summed E-state index contributed by atoms with van der Waals surface area (Å²) in [5, 5.41) is 0.992. The van der Waals surface area contributed by atoms with Gasteiger partial charge in [-0.05, 0) is 72.1 Å². The van der Waals surface area contributed by atoms with Crippen molar-refractivity contribution in [3.05, 3.63) is 48.5 Å². The van der Waals surface area contributed by atoms with Gasteiger partial charge in [-0.2, -0.15) is 19.9 Å². The van der Waals surface area contributed by atoms with Crippen LogP contribution < -0.4 is 18.9 Å². The highest BCUT2D eigenvalue weighted by Crippen LogP contribution is 2.34. The lowest BCUT2D eigenvalue weighted by Gasteiger charge is -2.07. The van der Waals surface area contributed by atoms with Crippen molar-refractivity contribution in [1.82, 2.24) is 29.9 Å². The molecule has 35 heavy (non-hydrogen) atoms. The van der Waals surface area contributed by atoms with Crippen LogP contribution in [0.1, 0.15) is 0 Å². The van der Waals surface area contributed by atoms with Crippen LogP contribution in [0.15, 0.2) is 78.4 Å². The molecule has 0 atom stereocenters. The van der Waals surface area contributed by atoms with E-state index in [1.54, 1.807) is 11.8 Å². The van der Waals surface area contributed by atoms with Crippen LogP contribution in [0, 0.1) is 0 Å². The van der Waals surface area contributed by atoms with Crippen molar-refractivity contribution in [2.45, 2.75) is 29.9 Å². The zero-order chi connectivity index (χ0) is 24.6. The number of rotatable bonds is 10. The summed E-state index contributed by atoms with van der Waals surface area (Å²) < 4.78 is 20.4. The molecule has 0 aliphatic carbocycles. The first kappa shape index (κ1) is 24.8. The van der Waals surface area contributed by atoms with Crippen molar-refractivity contribution < 1.29 is 18.9 Å². The van der Waals surface area contributed by atoms with E-state index >= 15 is 0 Å². The van der Waals surface area contributed by atoms with Crippen molar-refractivity contribution in [3.63, 3.8) is 0 Å². The zero-order valence-electron chi connectivity index (χ0n) is 19.2. The minimum atomic E-state index is 0.210. The lowest BCUT2D eigenvalue weighted by Crippen LogP contribution is -2.00. The molecule has 2 aromatic carbocycles. The van der Waals surface area contributed by atoms with Gasteiger partial charge in [-0.25, -0.2) is 0 Å². The Morgan fingerprint density at radius 1 is 0.400 bits per heavy atom. The molecule has 0 aliphatic rings. The normalized spacial score (nSPS) is 10.6. The highest BCUT2D eigenvalue weighted by molar-refractivity contribution is 8.00. The van der Waals surface area contributed by atoms with Crippen LogP contribution >= 0.6 is 35.3 Å². The summed E-state index contributed by atoms with van der Waals surface area (Å²) in [4.78, 5) is 29.2. The molecule has 2 aromatic heterocycles. The minimum Gasteiger partial charge on any atom is -0.467 e. The van der Waals surface area contributed by atoms with Gasteiger partial charge in [0.1, 0.15) is 0 Å². The van der Waals surface area contributed by atoms with Crippen LogP contribution in [0.2, 0.25) is 0 Å². The van der Waals surface area contributed by atoms with Gasteiger partial charge in [0, 0.05) is 19.6 Å². The molecule has 10 nitrogen and oxygen atoms in total. The number of aromatic nitrogens is 6. The fraction of sp³-hybridized carbons (Fsp3) is 0.182. The first-order chi connectivity index (χ1) is 17.1. The number of hydrogen-bond acceptors (Lipinski definition) is 13. The minimum absolute atomic E-state index is 0.210. The Morgan fingerprint density at radius 2 is 0.657 bits per heavy atom. The second-order valence-electron chi connectivity index (χ2n) is 6.43. The molecule has 4 rings (SSSR count). The van der Waals surface area contributed by atoms with Gasteiger partial charge in [-0.1, -0.05) is 11.8 Å². The molecule has 0 unspecified atom stereocenters. The number of ether oxygens (including phenoxy) is 4. The van der Waals surface area contributed by atoms with Crippen LogP contribution in [0.4, 0.5) is 0 Å². The largest absolute Gasteiger partial charge is 0.467 e. The third kappa shape index (κ3) is 6.87. The van der Waals surface area contributed by atoms with Gasteiger partial charge >= 0.3 is 24.0 Å². The predicted molar refractivity (Wildman–Crippen MR) is 131 cm³/mol. The molecular formula is C22H20N6O4S3. The van der Waals surface area contributed by atoms with E-state index in [-0.39, 0.29) is 24.0 Å². The third-order valence-electron chi connectivity index (χ3n) is 4.18. The summed E-state index contributed by atoms with van der Waals surface area (Å²) in [5.41, 5.74) is 0. The standard InChI is InChI=1S/C22H20N6O4S3/c1-29-17-23-18(30-2)26-21(25-17)34-15-9-5-13(6-10-15)33-14-7-11-16(12-8-14)35-22-27-19(31-3)24-20(28-22)32-4/h5-12H,1-4H3. The van der Waals surface area contributed by atoms with Gasteiger partial charge < -0.3 is 18.9 Å². The Balaban J connectivity index is 1.39. The second-order valence-corrected chi connectivity index (χ2v) is 9.66. The van der Waals surface area contributed by atoms with Crippen molar-refractivity contribution in [2.75, 3.05) is 28.4 Å². The predicted octanol–water partition coefficient (Wildman–Crippen LogP) is 4.54. The molecule has 0 radical (unpaired) electrons. The molecule has 0 spiro atoms. The van der Waals surface area contributed by atoms with Crippen LogP contribution in [-0.2, 0) is 0 Å². The van der Waals surface area contributed by atoms with Crippen molar-refractivity contribution >= 4 is 35.3 Å². The van der Waals surface area contributed by atoms with Gasteiger partial charge in [0.15, 0.2) is 0 Å². The average molecular weight is 529 g/mol. The van der Waals surface area contributed by atoms with E-state index in [1.807, 2.05) is 24.3 Å². The van der Waals surface area contributed by atoms with Crippen LogP contribution in [0.3, 0.4) is 0 Å². The third-order valence-corrected chi connectivity index (χ3v) is 6.94. The molecule has 0 fully saturated rings. The number of hydrogen-bond donors (Lipinski definition) is 0. The number of nitrogens with zero attached hydrogens (tertiary/aromatic N) is 6. The summed E-state index contributed by atoms with van der Waals surface area (Å²) >= 11 is 4.46. The summed E-state index contributed by atoms with van der Waals surface area (Å²) in [6, 6.07) is 17.1. The Labute approximate surface area is 214 Å². The highest BCUT2D eigenvalue weighted by Gasteiger charge is 2.10. The van der Waals surface area contributed by atoms with E-state index in [1.165, 1.54) is 52.0 Å². The highest BCUT2D eigenvalue weighted by atomic mass is 32.2. The maximum Gasteiger partial charge on any atom is 0.323 e. The molecule has 0 N–H and O–H groups in total. The summed E-state index contributed by atoms with van der Waals surface area (Å²) in [6.07, 6.45) is 0. The molecule has 4 aromatic rings. The molecule has 180 valence electrons. The Morgan fingerprint density at radius 3 is 0.914 bits per heavy atom. The zero-order valence-corrected chi connectivity index (χ0v) is 21.6. The molecule has 0 amide bonds. The lowest BCUT2D eigenvalue weighted by molar-refractivity contribution is 0.331. The van der Waals surface area contributed by atoms with Gasteiger partial charge in [0.05, 0.1) is 28.4 Å². The van der Waals surface area contributed by atoms with Crippen molar-refractivity contribution in [2.24, 2.45) is 0 Å². The molecule has 2 heterocycles. The van der Waals surface area contributed by atoms with E-state index in [2.05, 4.69) is 54.2 Å². The first-order valence-corrected chi connectivity index (χ1v) is 12.4. The molecular weight excluding hydrogens is 508 g/mol. The van der Waals surface area contributed by atoms with Crippen molar-refractivity contribution in [1.29, 1.82) is 0 Å². The summed E-state index contributed by atoms with van der Waals surface area (Å²) in [6.45, 7) is 0. The fourth-order valence-corrected chi connectivity index (χ4v) is 4.87. The topological polar surface area (TPSA) is 114 Å². The van der Waals surface area contributed by atoms with E-state index in [0.29, 0.717) is 10.3 Å². The Bertz CT molecular complexity index is 1140. The fourth-order valence-electron chi connectivity index (χ4n) is 2.60. The van der Waals surface area contributed by atoms with Crippen molar-refractivity contribution in [3.8, 4) is 24.0 Å². The number of methoxy groups -OCH3 is 4. The maximum absolute atomic E-state index is 5.10. The molecule has 0 saturated heterocycles. The van der Waals surface area contributed by atoms with E-state index in [4.69, 9.17) is 18.9 Å². The Hall–Kier alpha value is -3.29. The van der Waals surface area contributed by atoms with Crippen LogP contribution in [-0.4, -0.2) is 58.3 Å². The first-order valence-electron chi connectivity index (χ1n) is 10.0.